The van der Waals surface area contributed by atoms with Gasteiger partial charge in [-0.1, -0.05) is 49.6 Å². The molecule has 106 valence electrons. The van der Waals surface area contributed by atoms with Crippen molar-refractivity contribution in [3.63, 3.8) is 0 Å². The van der Waals surface area contributed by atoms with Crippen LogP contribution >= 0.6 is 11.6 Å². The number of alkyl halides is 1. The molecule has 20 heavy (non-hydrogen) atoms. The minimum atomic E-state index is -1.71. The molecular weight excluding hydrogens is 280 g/mol. The number of carbonyl (C=O) groups excluding carboxylic acids is 3. The van der Waals surface area contributed by atoms with Crippen LogP contribution in [0.5, 0.6) is 0 Å². The topological polar surface area (TPSA) is 66.5 Å². The van der Waals surface area contributed by atoms with Crippen LogP contribution in [0.25, 0.3) is 0 Å². The molecule has 5 nitrogen and oxygen atoms in total. The van der Waals surface area contributed by atoms with Crippen LogP contribution in [0, 0.1) is 0 Å². The molecule has 2 rings (SSSR count). The van der Waals surface area contributed by atoms with Crippen LogP contribution in [0.2, 0.25) is 0 Å². The number of barbiturate groups is 1. The van der Waals surface area contributed by atoms with E-state index in [9.17, 15) is 14.4 Å². The van der Waals surface area contributed by atoms with Gasteiger partial charge in [-0.25, -0.2) is 9.69 Å². The Bertz CT molecular complexity index is 547. The summed E-state index contributed by atoms with van der Waals surface area (Å²) in [7, 11) is 0. The summed E-state index contributed by atoms with van der Waals surface area (Å²) in [5.41, 5.74) is 0.393. The van der Waals surface area contributed by atoms with Crippen LogP contribution in [0.1, 0.15) is 26.2 Å². The predicted octanol–water partition coefficient (Wildman–Crippen LogP) is 2.44. The molecule has 1 aromatic rings. The van der Waals surface area contributed by atoms with Gasteiger partial charge in [0, 0.05) is 0 Å². The lowest BCUT2D eigenvalue weighted by molar-refractivity contribution is -0.132. The second kappa shape index (κ2) is 5.63. The van der Waals surface area contributed by atoms with Crippen molar-refractivity contribution in [2.45, 2.75) is 31.1 Å². The molecule has 1 atom stereocenters. The Balaban J connectivity index is 2.36. The van der Waals surface area contributed by atoms with E-state index in [-0.39, 0.29) is 6.42 Å². The van der Waals surface area contributed by atoms with Crippen LogP contribution in [0.4, 0.5) is 10.5 Å². The Labute approximate surface area is 121 Å². The number of hydrogen-bond donors (Lipinski definition) is 1. The summed E-state index contributed by atoms with van der Waals surface area (Å²) in [6, 6.07) is 7.64. The molecule has 4 amide bonds. The summed E-state index contributed by atoms with van der Waals surface area (Å²) >= 11 is 6.21. The number of amides is 4. The normalized spacial score (nSPS) is 22.9. The Morgan fingerprint density at radius 2 is 1.85 bits per heavy atom. The van der Waals surface area contributed by atoms with E-state index in [1.807, 2.05) is 6.92 Å². The third-order valence-electron chi connectivity index (χ3n) is 3.21. The summed E-state index contributed by atoms with van der Waals surface area (Å²) in [5.74, 6) is -1.43. The minimum Gasteiger partial charge on any atom is -0.275 e. The molecular formula is C14H15ClN2O3. The van der Waals surface area contributed by atoms with E-state index >= 15 is 0 Å². The van der Waals surface area contributed by atoms with Crippen LogP contribution in [0.3, 0.4) is 0 Å². The molecule has 1 unspecified atom stereocenters. The van der Waals surface area contributed by atoms with Crippen molar-refractivity contribution in [2.24, 2.45) is 0 Å². The average Bonchev–Trinajstić information content (AvgIpc) is 2.44. The first-order valence-electron chi connectivity index (χ1n) is 6.44. The summed E-state index contributed by atoms with van der Waals surface area (Å²) in [6.07, 6.45) is 1.63. The minimum absolute atomic E-state index is 0.201. The highest BCUT2D eigenvalue weighted by Crippen LogP contribution is 2.31. The van der Waals surface area contributed by atoms with Gasteiger partial charge in [-0.05, 0) is 18.6 Å². The van der Waals surface area contributed by atoms with Crippen molar-refractivity contribution < 1.29 is 14.4 Å². The van der Waals surface area contributed by atoms with Gasteiger partial charge in [0.05, 0.1) is 5.69 Å². The number of para-hydroxylation sites is 1. The SMILES string of the molecule is CCCCC1(Cl)C(=O)NC(=O)N(c2ccccc2)C1=O. The van der Waals surface area contributed by atoms with Crippen molar-refractivity contribution in [3.05, 3.63) is 30.3 Å². The second-order valence-electron chi connectivity index (χ2n) is 4.64. The van der Waals surface area contributed by atoms with E-state index in [0.717, 1.165) is 11.3 Å². The molecule has 0 bridgehead atoms. The molecule has 1 heterocycles. The maximum atomic E-state index is 12.5. The van der Waals surface area contributed by atoms with Gasteiger partial charge in [-0.2, -0.15) is 0 Å². The van der Waals surface area contributed by atoms with Gasteiger partial charge in [0.15, 0.2) is 0 Å². The molecule has 1 fully saturated rings. The highest BCUT2D eigenvalue weighted by Gasteiger charge is 2.52. The lowest BCUT2D eigenvalue weighted by Crippen LogP contribution is -2.65. The number of nitrogens with one attached hydrogen (secondary N) is 1. The van der Waals surface area contributed by atoms with Gasteiger partial charge in [0.1, 0.15) is 0 Å². The Kier molecular flexibility index (Phi) is 4.09. The fraction of sp³-hybridized carbons (Fsp3) is 0.357. The fourth-order valence-corrected chi connectivity index (χ4v) is 2.34. The number of urea groups is 1. The molecule has 0 spiro atoms. The van der Waals surface area contributed by atoms with E-state index in [0.29, 0.717) is 12.1 Å². The number of halogens is 1. The molecule has 0 aliphatic carbocycles. The number of unbranched alkanes of at least 4 members (excludes halogenated alkanes) is 1. The van der Waals surface area contributed by atoms with Crippen molar-refractivity contribution in [3.8, 4) is 0 Å². The van der Waals surface area contributed by atoms with E-state index in [1.54, 1.807) is 30.3 Å². The van der Waals surface area contributed by atoms with Crippen molar-refractivity contribution in [1.82, 2.24) is 5.32 Å². The highest BCUT2D eigenvalue weighted by molar-refractivity contribution is 6.52. The maximum Gasteiger partial charge on any atom is 0.335 e. The zero-order chi connectivity index (χ0) is 14.8. The molecule has 1 saturated heterocycles. The second-order valence-corrected chi connectivity index (χ2v) is 5.29. The van der Waals surface area contributed by atoms with Gasteiger partial charge < -0.3 is 0 Å². The lowest BCUT2D eigenvalue weighted by atomic mass is 9.96. The molecule has 1 aliphatic heterocycles. The third-order valence-corrected chi connectivity index (χ3v) is 3.74. The predicted molar refractivity (Wildman–Crippen MR) is 75.6 cm³/mol. The van der Waals surface area contributed by atoms with E-state index in [2.05, 4.69) is 5.32 Å². The monoisotopic (exact) mass is 294 g/mol. The molecule has 0 aromatic heterocycles. The first-order valence-corrected chi connectivity index (χ1v) is 6.82. The van der Waals surface area contributed by atoms with E-state index < -0.39 is 22.7 Å². The van der Waals surface area contributed by atoms with Crippen LogP contribution in [-0.2, 0) is 9.59 Å². The molecule has 1 aromatic carbocycles. The Morgan fingerprint density at radius 1 is 1.20 bits per heavy atom. The van der Waals surface area contributed by atoms with Crippen molar-refractivity contribution >= 4 is 35.1 Å². The summed E-state index contributed by atoms with van der Waals surface area (Å²) in [6.45, 7) is 1.94. The lowest BCUT2D eigenvalue weighted by Gasteiger charge is -2.35. The number of hydrogen-bond acceptors (Lipinski definition) is 3. The van der Waals surface area contributed by atoms with E-state index in [1.165, 1.54) is 0 Å². The maximum absolute atomic E-state index is 12.5. The van der Waals surface area contributed by atoms with Gasteiger partial charge in [0.2, 0.25) is 4.87 Å². The highest BCUT2D eigenvalue weighted by atomic mass is 35.5. The number of nitrogens with zero attached hydrogens (tertiary/aromatic N) is 1. The molecule has 6 heteroatoms. The number of anilines is 1. The Hall–Kier alpha value is -1.88. The summed E-state index contributed by atoms with van der Waals surface area (Å²) in [5, 5.41) is 2.15. The standard InChI is InChI=1S/C14H15ClN2O3/c1-2-3-9-14(15)11(18)16-13(20)17(12(14)19)10-7-5-4-6-8-10/h4-8H,2-3,9H2,1H3,(H,16,18,20). The van der Waals surface area contributed by atoms with Crippen LogP contribution < -0.4 is 10.2 Å². The molecule has 0 saturated carbocycles. The van der Waals surface area contributed by atoms with Gasteiger partial charge in [-0.15, -0.1) is 0 Å². The first kappa shape index (κ1) is 14.5. The third kappa shape index (κ3) is 2.41. The van der Waals surface area contributed by atoms with Gasteiger partial charge >= 0.3 is 6.03 Å². The number of imide groups is 2. The van der Waals surface area contributed by atoms with Crippen molar-refractivity contribution in [2.75, 3.05) is 4.90 Å². The number of carbonyl (C=O) groups is 3. The smallest absolute Gasteiger partial charge is 0.275 e. The fourth-order valence-electron chi connectivity index (χ4n) is 2.07. The quantitative estimate of drug-likeness (QED) is 0.685. The molecule has 1 N–H and O–H groups in total. The van der Waals surface area contributed by atoms with E-state index in [4.69, 9.17) is 11.6 Å². The Morgan fingerprint density at radius 3 is 2.45 bits per heavy atom. The average molecular weight is 295 g/mol. The van der Waals surface area contributed by atoms with Crippen molar-refractivity contribution in [1.29, 1.82) is 0 Å². The molecule has 0 radical (unpaired) electrons. The summed E-state index contributed by atoms with van der Waals surface area (Å²) < 4.78 is 0. The zero-order valence-corrected chi connectivity index (χ0v) is 11.8. The summed E-state index contributed by atoms with van der Waals surface area (Å²) in [4.78, 5) is 35.5. The zero-order valence-electron chi connectivity index (χ0n) is 11.1. The molecule has 1 aliphatic rings. The van der Waals surface area contributed by atoms with Gasteiger partial charge in [-0.3, -0.25) is 14.9 Å². The van der Waals surface area contributed by atoms with Crippen LogP contribution in [0.15, 0.2) is 30.3 Å². The van der Waals surface area contributed by atoms with Gasteiger partial charge in [0.25, 0.3) is 11.8 Å². The number of rotatable bonds is 4. The van der Waals surface area contributed by atoms with Crippen LogP contribution in [-0.4, -0.2) is 22.7 Å². The largest absolute Gasteiger partial charge is 0.335 e. The number of benzene rings is 1. The first-order chi connectivity index (χ1) is 9.50.